The quantitative estimate of drug-likeness (QED) is 0.451. The van der Waals surface area contributed by atoms with E-state index in [9.17, 15) is 19.3 Å². The number of rotatable bonds is 4. The van der Waals surface area contributed by atoms with E-state index in [4.69, 9.17) is 0 Å². The van der Waals surface area contributed by atoms with Gasteiger partial charge in [0.15, 0.2) is 5.78 Å². The lowest BCUT2D eigenvalue weighted by atomic mass is 10.1. The topological polar surface area (TPSA) is 60.2 Å². The Bertz CT molecular complexity index is 408. The van der Waals surface area contributed by atoms with E-state index in [2.05, 4.69) is 0 Å². The molecule has 0 unspecified atom stereocenters. The van der Waals surface area contributed by atoms with Crippen molar-refractivity contribution < 1.29 is 14.1 Å². The summed E-state index contributed by atoms with van der Waals surface area (Å²) in [6.07, 6.45) is 1.72. The average molecular weight is 229 g/mol. The Morgan fingerprint density at radius 1 is 1.60 bits per heavy atom. The molecule has 4 nitrogen and oxygen atoms in total. The van der Waals surface area contributed by atoms with Crippen molar-refractivity contribution >= 4 is 23.2 Å². The van der Waals surface area contributed by atoms with E-state index < -0.39 is 16.4 Å². The van der Waals surface area contributed by atoms with Crippen molar-refractivity contribution in [3.63, 3.8) is 0 Å². The van der Waals surface area contributed by atoms with Gasteiger partial charge in [-0.25, -0.2) is 4.39 Å². The number of Topliss-reactive ketones (excluding diaryl/α,β-unsaturated/α-hetero) is 1. The van der Waals surface area contributed by atoms with E-state index >= 15 is 0 Å². The standard InChI is InChI=1S/C9H8FNO3S/c1-15-5-9(12)7-3-2-6(10)4-8(7)11(13)14/h2-4H,5H2,1H3. The molecule has 0 aliphatic heterocycles. The predicted octanol–water partition coefficient (Wildman–Crippen LogP) is 2.28. The Hall–Kier alpha value is -1.43. The SMILES string of the molecule is CSCC(=O)c1ccc(F)cc1[N+](=O)[O-]. The summed E-state index contributed by atoms with van der Waals surface area (Å²) in [5.74, 6) is -0.941. The number of nitrogens with zero attached hydrogens (tertiary/aromatic N) is 1. The van der Waals surface area contributed by atoms with Crippen molar-refractivity contribution in [1.29, 1.82) is 0 Å². The predicted molar refractivity (Wildman–Crippen MR) is 55.8 cm³/mol. The van der Waals surface area contributed by atoms with Crippen molar-refractivity contribution in [2.24, 2.45) is 0 Å². The van der Waals surface area contributed by atoms with Crippen LogP contribution in [0.15, 0.2) is 18.2 Å². The number of benzene rings is 1. The molecule has 0 N–H and O–H groups in total. The van der Waals surface area contributed by atoms with Crippen LogP contribution < -0.4 is 0 Å². The lowest BCUT2D eigenvalue weighted by molar-refractivity contribution is -0.385. The van der Waals surface area contributed by atoms with Gasteiger partial charge in [0.25, 0.3) is 5.69 Å². The van der Waals surface area contributed by atoms with E-state index in [1.807, 2.05) is 0 Å². The molecule has 0 radical (unpaired) electrons. The van der Waals surface area contributed by atoms with Crippen LogP contribution >= 0.6 is 11.8 Å². The number of hydrogen-bond acceptors (Lipinski definition) is 4. The summed E-state index contributed by atoms with van der Waals surface area (Å²) in [4.78, 5) is 21.2. The molecule has 0 spiro atoms. The van der Waals surface area contributed by atoms with Crippen LogP contribution in [0.25, 0.3) is 0 Å². The highest BCUT2D eigenvalue weighted by Crippen LogP contribution is 2.21. The molecule has 0 fully saturated rings. The zero-order valence-electron chi connectivity index (χ0n) is 7.90. The van der Waals surface area contributed by atoms with E-state index in [-0.39, 0.29) is 17.1 Å². The minimum atomic E-state index is -0.753. The molecule has 0 atom stereocenters. The normalized spacial score (nSPS) is 10.0. The molecule has 0 amide bonds. The monoisotopic (exact) mass is 229 g/mol. The van der Waals surface area contributed by atoms with Crippen molar-refractivity contribution in [3.05, 3.63) is 39.7 Å². The van der Waals surface area contributed by atoms with Gasteiger partial charge < -0.3 is 0 Å². The fourth-order valence-electron chi connectivity index (χ4n) is 1.10. The second-order valence-electron chi connectivity index (χ2n) is 2.77. The molecule has 0 aliphatic carbocycles. The van der Waals surface area contributed by atoms with Crippen molar-refractivity contribution in [1.82, 2.24) is 0 Å². The van der Waals surface area contributed by atoms with Crippen LogP contribution in [0.5, 0.6) is 0 Å². The largest absolute Gasteiger partial charge is 0.293 e. The maximum Gasteiger partial charge on any atom is 0.283 e. The van der Waals surface area contributed by atoms with Gasteiger partial charge in [-0.3, -0.25) is 14.9 Å². The molecule has 0 bridgehead atoms. The first kappa shape index (κ1) is 11.6. The first-order valence-electron chi connectivity index (χ1n) is 4.02. The van der Waals surface area contributed by atoms with Crippen LogP contribution in [0.1, 0.15) is 10.4 Å². The molecule has 15 heavy (non-hydrogen) atoms. The number of nitro groups is 1. The minimum absolute atomic E-state index is 0.0456. The van der Waals surface area contributed by atoms with Gasteiger partial charge in [0.05, 0.1) is 22.3 Å². The van der Waals surface area contributed by atoms with E-state index in [0.29, 0.717) is 0 Å². The summed E-state index contributed by atoms with van der Waals surface area (Å²) in [5.41, 5.74) is -0.523. The van der Waals surface area contributed by atoms with Crippen molar-refractivity contribution in [2.75, 3.05) is 12.0 Å². The molecule has 0 heterocycles. The molecule has 6 heteroatoms. The Balaban J connectivity index is 3.17. The summed E-state index contributed by atoms with van der Waals surface area (Å²) < 4.78 is 12.7. The second kappa shape index (κ2) is 4.88. The molecule has 0 aromatic heterocycles. The Morgan fingerprint density at radius 2 is 2.27 bits per heavy atom. The minimum Gasteiger partial charge on any atom is -0.293 e. The third-order valence-electron chi connectivity index (χ3n) is 1.73. The molecule has 1 aromatic rings. The van der Waals surface area contributed by atoms with Crippen LogP contribution in [0.3, 0.4) is 0 Å². The third kappa shape index (κ3) is 2.76. The summed E-state index contributed by atoms with van der Waals surface area (Å²) in [5, 5.41) is 10.6. The maximum atomic E-state index is 12.7. The summed E-state index contributed by atoms with van der Waals surface area (Å²) in [6, 6.07) is 2.94. The number of hydrogen-bond donors (Lipinski definition) is 0. The zero-order valence-corrected chi connectivity index (χ0v) is 8.71. The molecular formula is C9H8FNO3S. The van der Waals surface area contributed by atoms with Gasteiger partial charge in [-0.2, -0.15) is 11.8 Å². The molecule has 1 aromatic carbocycles. The van der Waals surface area contributed by atoms with Crippen molar-refractivity contribution in [3.8, 4) is 0 Å². The van der Waals surface area contributed by atoms with E-state index in [0.717, 1.165) is 18.2 Å². The number of halogens is 1. The van der Waals surface area contributed by atoms with Crippen LogP contribution in [0.2, 0.25) is 0 Å². The lowest BCUT2D eigenvalue weighted by Crippen LogP contribution is -2.06. The van der Waals surface area contributed by atoms with Gasteiger partial charge in [0.2, 0.25) is 0 Å². The third-order valence-corrected chi connectivity index (χ3v) is 2.28. The van der Waals surface area contributed by atoms with Crippen molar-refractivity contribution in [2.45, 2.75) is 0 Å². The molecule has 1 rings (SSSR count). The van der Waals surface area contributed by atoms with Gasteiger partial charge in [-0.1, -0.05) is 0 Å². The highest BCUT2D eigenvalue weighted by molar-refractivity contribution is 7.99. The highest BCUT2D eigenvalue weighted by Gasteiger charge is 2.20. The van der Waals surface area contributed by atoms with E-state index in [1.165, 1.54) is 11.8 Å². The second-order valence-corrected chi connectivity index (χ2v) is 3.64. The highest BCUT2D eigenvalue weighted by atomic mass is 32.2. The Morgan fingerprint density at radius 3 is 2.80 bits per heavy atom. The van der Waals surface area contributed by atoms with Crippen LogP contribution in [0.4, 0.5) is 10.1 Å². The number of carbonyl (C=O) groups is 1. The number of nitro benzene ring substituents is 1. The first-order chi connectivity index (χ1) is 7.06. The maximum absolute atomic E-state index is 12.7. The summed E-state index contributed by atoms with van der Waals surface area (Å²) in [6.45, 7) is 0. The van der Waals surface area contributed by atoms with Gasteiger partial charge in [-0.05, 0) is 18.4 Å². The van der Waals surface area contributed by atoms with Gasteiger partial charge in [0.1, 0.15) is 5.82 Å². The zero-order chi connectivity index (χ0) is 11.4. The number of ketones is 1. The molecule has 0 aliphatic rings. The van der Waals surface area contributed by atoms with Gasteiger partial charge in [0, 0.05) is 0 Å². The smallest absolute Gasteiger partial charge is 0.283 e. The molecule has 80 valence electrons. The summed E-state index contributed by atoms with van der Waals surface area (Å²) >= 11 is 1.26. The first-order valence-corrected chi connectivity index (χ1v) is 5.41. The average Bonchev–Trinajstić information content (AvgIpc) is 2.17. The van der Waals surface area contributed by atoms with Gasteiger partial charge in [-0.15, -0.1) is 0 Å². The number of thioether (sulfide) groups is 1. The number of carbonyl (C=O) groups excluding carboxylic acids is 1. The summed E-state index contributed by atoms with van der Waals surface area (Å²) in [7, 11) is 0. The van der Waals surface area contributed by atoms with Crippen LogP contribution in [-0.4, -0.2) is 22.7 Å². The van der Waals surface area contributed by atoms with Gasteiger partial charge >= 0.3 is 0 Å². The fourth-order valence-corrected chi connectivity index (χ4v) is 1.52. The van der Waals surface area contributed by atoms with Crippen LogP contribution in [-0.2, 0) is 0 Å². The fraction of sp³-hybridized carbons (Fsp3) is 0.222. The molecule has 0 saturated heterocycles. The van der Waals surface area contributed by atoms with E-state index in [1.54, 1.807) is 6.26 Å². The molecule has 0 saturated carbocycles. The lowest BCUT2D eigenvalue weighted by Gasteiger charge is -2.00. The van der Waals surface area contributed by atoms with Crippen LogP contribution in [0, 0.1) is 15.9 Å². The Kier molecular flexibility index (Phi) is 3.79. The molecular weight excluding hydrogens is 221 g/mol. The Labute approximate surface area is 89.6 Å².